The molecule has 0 bridgehead atoms. The predicted octanol–water partition coefficient (Wildman–Crippen LogP) is 3.70. The number of anilines is 1. The van der Waals surface area contributed by atoms with Crippen molar-refractivity contribution in [1.82, 2.24) is 4.90 Å². The molecule has 1 N–H and O–H groups in total. The van der Waals surface area contributed by atoms with E-state index in [2.05, 4.69) is 5.32 Å². The third-order valence-electron chi connectivity index (χ3n) is 3.27. The lowest BCUT2D eigenvalue weighted by Crippen LogP contribution is -2.21. The molecule has 1 atom stereocenters. The zero-order valence-corrected chi connectivity index (χ0v) is 12.4. The molecule has 0 aliphatic rings. The number of carbonyl (C=O) groups excluding carboxylic acids is 1. The Morgan fingerprint density at radius 1 is 1.14 bits per heavy atom. The molecule has 2 rings (SSSR count). The molecule has 2 aromatic carbocycles. The molecule has 1 amide bonds. The molecule has 0 saturated heterocycles. The first kappa shape index (κ1) is 15.0. The quantitative estimate of drug-likeness (QED) is 0.929. The third-order valence-corrected chi connectivity index (χ3v) is 3.27. The minimum atomic E-state index is -0.246. The summed E-state index contributed by atoms with van der Waals surface area (Å²) in [5.74, 6) is -0.280. The summed E-state index contributed by atoms with van der Waals surface area (Å²) in [4.78, 5) is 13.5. The Labute approximate surface area is 124 Å². The van der Waals surface area contributed by atoms with Gasteiger partial charge in [0.25, 0.3) is 5.91 Å². The maximum absolute atomic E-state index is 12.9. The van der Waals surface area contributed by atoms with Crippen LogP contribution in [0.25, 0.3) is 0 Å². The molecule has 3 nitrogen and oxygen atoms in total. The van der Waals surface area contributed by atoms with Gasteiger partial charge in [0.1, 0.15) is 5.82 Å². The molecule has 1 unspecified atom stereocenters. The fourth-order valence-electron chi connectivity index (χ4n) is 2.08. The van der Waals surface area contributed by atoms with Crippen LogP contribution in [0.2, 0.25) is 0 Å². The van der Waals surface area contributed by atoms with Crippen LogP contribution in [0.5, 0.6) is 0 Å². The standard InChI is InChI=1S/C17H19FN2O/c1-12(13-7-9-15(18)10-8-13)19-16-6-4-5-14(11-16)17(21)20(2)3/h4-12,19H,1-3H3. The summed E-state index contributed by atoms with van der Waals surface area (Å²) in [7, 11) is 3.45. The highest BCUT2D eigenvalue weighted by Crippen LogP contribution is 2.20. The maximum Gasteiger partial charge on any atom is 0.253 e. The molecule has 0 saturated carbocycles. The summed E-state index contributed by atoms with van der Waals surface area (Å²) >= 11 is 0. The van der Waals surface area contributed by atoms with E-state index in [0.717, 1.165) is 11.3 Å². The average molecular weight is 286 g/mol. The Morgan fingerprint density at radius 2 is 1.81 bits per heavy atom. The van der Waals surface area contributed by atoms with E-state index in [9.17, 15) is 9.18 Å². The number of nitrogens with one attached hydrogen (secondary N) is 1. The van der Waals surface area contributed by atoms with Crippen LogP contribution in [0.1, 0.15) is 28.9 Å². The Bertz CT molecular complexity index is 623. The summed E-state index contributed by atoms with van der Waals surface area (Å²) in [5.41, 5.74) is 2.48. The van der Waals surface area contributed by atoms with Gasteiger partial charge in [0.05, 0.1) is 0 Å². The fourth-order valence-corrected chi connectivity index (χ4v) is 2.08. The zero-order chi connectivity index (χ0) is 15.4. The van der Waals surface area contributed by atoms with Crippen molar-refractivity contribution in [1.29, 1.82) is 0 Å². The maximum atomic E-state index is 12.9. The van der Waals surface area contributed by atoms with Gasteiger partial charge < -0.3 is 10.2 Å². The highest BCUT2D eigenvalue weighted by molar-refractivity contribution is 5.94. The van der Waals surface area contributed by atoms with E-state index < -0.39 is 0 Å². The minimum Gasteiger partial charge on any atom is -0.379 e. The predicted molar refractivity (Wildman–Crippen MR) is 82.9 cm³/mol. The minimum absolute atomic E-state index is 0.0234. The van der Waals surface area contributed by atoms with Gasteiger partial charge in [-0.2, -0.15) is 0 Å². The first-order valence-electron chi connectivity index (χ1n) is 6.81. The number of benzene rings is 2. The molecule has 0 spiro atoms. The van der Waals surface area contributed by atoms with E-state index in [4.69, 9.17) is 0 Å². The fraction of sp³-hybridized carbons (Fsp3) is 0.235. The molecule has 0 aromatic heterocycles. The first-order valence-corrected chi connectivity index (χ1v) is 6.81. The highest BCUT2D eigenvalue weighted by atomic mass is 19.1. The smallest absolute Gasteiger partial charge is 0.253 e. The summed E-state index contributed by atoms with van der Waals surface area (Å²) in [6.07, 6.45) is 0. The lowest BCUT2D eigenvalue weighted by atomic mass is 10.1. The number of rotatable bonds is 4. The largest absolute Gasteiger partial charge is 0.379 e. The SMILES string of the molecule is CC(Nc1cccc(C(=O)N(C)C)c1)c1ccc(F)cc1. The second-order valence-corrected chi connectivity index (χ2v) is 5.20. The number of halogens is 1. The Kier molecular flexibility index (Phi) is 4.58. The van der Waals surface area contributed by atoms with Crippen molar-refractivity contribution in [3.63, 3.8) is 0 Å². The van der Waals surface area contributed by atoms with Crippen LogP contribution in [0, 0.1) is 5.82 Å². The van der Waals surface area contributed by atoms with Crippen molar-refractivity contribution in [2.24, 2.45) is 0 Å². The third kappa shape index (κ3) is 3.81. The molecule has 0 aliphatic carbocycles. The van der Waals surface area contributed by atoms with Crippen molar-refractivity contribution in [2.45, 2.75) is 13.0 Å². The van der Waals surface area contributed by atoms with Crippen molar-refractivity contribution < 1.29 is 9.18 Å². The van der Waals surface area contributed by atoms with E-state index in [1.807, 2.05) is 25.1 Å². The zero-order valence-electron chi connectivity index (χ0n) is 12.4. The molecule has 0 aliphatic heterocycles. The monoisotopic (exact) mass is 286 g/mol. The van der Waals surface area contributed by atoms with Crippen LogP contribution < -0.4 is 5.32 Å². The van der Waals surface area contributed by atoms with Crippen LogP contribution in [-0.2, 0) is 0 Å². The number of carbonyl (C=O) groups is 1. The summed E-state index contributed by atoms with van der Waals surface area (Å²) in [6.45, 7) is 1.99. The van der Waals surface area contributed by atoms with Crippen LogP contribution in [0.15, 0.2) is 48.5 Å². The van der Waals surface area contributed by atoms with E-state index in [0.29, 0.717) is 5.56 Å². The number of hydrogen-bond donors (Lipinski definition) is 1. The number of amides is 1. The van der Waals surface area contributed by atoms with Crippen molar-refractivity contribution in [2.75, 3.05) is 19.4 Å². The van der Waals surface area contributed by atoms with Gasteiger partial charge in [-0.05, 0) is 42.8 Å². The van der Waals surface area contributed by atoms with E-state index in [-0.39, 0.29) is 17.8 Å². The normalized spacial score (nSPS) is 11.8. The molecule has 0 radical (unpaired) electrons. The summed E-state index contributed by atoms with van der Waals surface area (Å²) in [5, 5.41) is 3.32. The second kappa shape index (κ2) is 6.39. The molecular weight excluding hydrogens is 267 g/mol. The van der Waals surface area contributed by atoms with Gasteiger partial charge in [-0.3, -0.25) is 4.79 Å². The van der Waals surface area contributed by atoms with E-state index >= 15 is 0 Å². The van der Waals surface area contributed by atoms with Crippen molar-refractivity contribution >= 4 is 11.6 Å². The molecule has 110 valence electrons. The van der Waals surface area contributed by atoms with Gasteiger partial charge >= 0.3 is 0 Å². The lowest BCUT2D eigenvalue weighted by molar-refractivity contribution is 0.0827. The van der Waals surface area contributed by atoms with Gasteiger partial charge in [0.2, 0.25) is 0 Å². The molecular formula is C17H19FN2O. The van der Waals surface area contributed by atoms with Crippen LogP contribution in [0.4, 0.5) is 10.1 Å². The summed E-state index contributed by atoms with van der Waals surface area (Å²) in [6, 6.07) is 13.8. The molecule has 21 heavy (non-hydrogen) atoms. The first-order chi connectivity index (χ1) is 9.97. The lowest BCUT2D eigenvalue weighted by Gasteiger charge is -2.17. The van der Waals surface area contributed by atoms with Gasteiger partial charge in [-0.1, -0.05) is 18.2 Å². The topological polar surface area (TPSA) is 32.3 Å². The molecule has 0 heterocycles. The van der Waals surface area contributed by atoms with Crippen molar-refractivity contribution in [3.8, 4) is 0 Å². The van der Waals surface area contributed by atoms with Crippen LogP contribution in [0.3, 0.4) is 0 Å². The van der Waals surface area contributed by atoms with Crippen LogP contribution in [-0.4, -0.2) is 24.9 Å². The average Bonchev–Trinajstić information content (AvgIpc) is 2.47. The van der Waals surface area contributed by atoms with Gasteiger partial charge in [-0.15, -0.1) is 0 Å². The van der Waals surface area contributed by atoms with Gasteiger partial charge in [0.15, 0.2) is 0 Å². The Morgan fingerprint density at radius 3 is 2.43 bits per heavy atom. The van der Waals surface area contributed by atoms with Crippen molar-refractivity contribution in [3.05, 3.63) is 65.5 Å². The number of hydrogen-bond acceptors (Lipinski definition) is 2. The van der Waals surface area contributed by atoms with Gasteiger partial charge in [0, 0.05) is 31.4 Å². The molecule has 2 aromatic rings. The van der Waals surface area contributed by atoms with Gasteiger partial charge in [-0.25, -0.2) is 4.39 Å². The summed E-state index contributed by atoms with van der Waals surface area (Å²) < 4.78 is 12.9. The highest BCUT2D eigenvalue weighted by Gasteiger charge is 2.10. The van der Waals surface area contributed by atoms with E-state index in [1.165, 1.54) is 12.1 Å². The second-order valence-electron chi connectivity index (χ2n) is 5.20. The number of nitrogens with zero attached hydrogens (tertiary/aromatic N) is 1. The van der Waals surface area contributed by atoms with E-state index in [1.54, 1.807) is 37.2 Å². The molecule has 0 fully saturated rings. The Hall–Kier alpha value is -2.36. The van der Waals surface area contributed by atoms with Crippen LogP contribution >= 0.6 is 0 Å². The Balaban J connectivity index is 2.14. The molecule has 4 heteroatoms.